The van der Waals surface area contributed by atoms with E-state index in [1.807, 2.05) is 0 Å². The van der Waals surface area contributed by atoms with Crippen molar-refractivity contribution < 1.29 is 0 Å². The lowest BCUT2D eigenvalue weighted by atomic mass is 9.82. The molecule has 0 unspecified atom stereocenters. The van der Waals surface area contributed by atoms with Gasteiger partial charge in [-0.3, -0.25) is 0 Å². The molecule has 308 valence electrons. The Hall–Kier alpha value is -8.20. The third kappa shape index (κ3) is 6.40. The molecule has 0 fully saturated rings. The molecule has 65 heavy (non-hydrogen) atoms. The number of fused-ring (bicyclic) bond motifs is 6. The standard InChI is InChI=1S/C63H46N2/c1-63(2)58-30-16-13-27-53(58)56-42-48(38-39-59(56)63)64(60-31-17-14-28-54(60)52-26-12-11-25-51(52)50-24-10-9-23-49(50)44-19-5-3-6-20-44)47-36-33-43(34-37-47)45-35-40-62-57(41-45)55-29-15-18-32-61(55)65(62)46-21-7-4-8-22-46/h3-42H,1-2H3. The molecule has 0 atom stereocenters. The minimum absolute atomic E-state index is 0.0889. The fraction of sp³-hybridized carbons (Fsp3) is 0.0476. The molecule has 1 aliphatic rings. The Labute approximate surface area is 381 Å². The second kappa shape index (κ2) is 15.6. The highest BCUT2D eigenvalue weighted by atomic mass is 15.1. The third-order valence-electron chi connectivity index (χ3n) is 13.6. The van der Waals surface area contributed by atoms with Crippen LogP contribution in [0.4, 0.5) is 17.1 Å². The second-order valence-corrected chi connectivity index (χ2v) is 17.7. The predicted octanol–water partition coefficient (Wildman–Crippen LogP) is 17.2. The Morgan fingerprint density at radius 3 is 1.60 bits per heavy atom. The highest BCUT2D eigenvalue weighted by molar-refractivity contribution is 6.10. The Kier molecular flexibility index (Phi) is 9.21. The van der Waals surface area contributed by atoms with Gasteiger partial charge in [-0.15, -0.1) is 0 Å². The minimum Gasteiger partial charge on any atom is -0.310 e. The van der Waals surface area contributed by atoms with Gasteiger partial charge >= 0.3 is 0 Å². The SMILES string of the molecule is CC1(C)c2ccccc2-c2cc(N(c3ccc(-c4ccc5c(c4)c4ccccc4n5-c4ccccc4)cc3)c3ccccc3-c3ccccc3-c3ccccc3-c3ccccc3)ccc21. The van der Waals surface area contributed by atoms with Crippen molar-refractivity contribution in [3.8, 4) is 61.3 Å². The Bertz CT molecular complexity index is 3560. The molecule has 1 aromatic heterocycles. The number of anilines is 3. The number of para-hydroxylation sites is 3. The Morgan fingerprint density at radius 2 is 0.846 bits per heavy atom. The number of aromatic nitrogens is 1. The molecule has 0 N–H and O–H groups in total. The van der Waals surface area contributed by atoms with E-state index in [4.69, 9.17) is 0 Å². The molecule has 1 heterocycles. The summed E-state index contributed by atoms with van der Waals surface area (Å²) < 4.78 is 2.38. The van der Waals surface area contributed by atoms with Crippen LogP contribution < -0.4 is 4.90 Å². The van der Waals surface area contributed by atoms with Gasteiger partial charge in [-0.05, 0) is 122 Å². The summed E-state index contributed by atoms with van der Waals surface area (Å²) in [7, 11) is 0. The average Bonchev–Trinajstić information content (AvgIpc) is 3.82. The fourth-order valence-corrected chi connectivity index (χ4v) is 10.5. The van der Waals surface area contributed by atoms with E-state index in [-0.39, 0.29) is 5.41 Å². The van der Waals surface area contributed by atoms with Crippen molar-refractivity contribution in [3.05, 3.63) is 254 Å². The molecule has 0 spiro atoms. The van der Waals surface area contributed by atoms with Crippen molar-refractivity contribution in [1.29, 1.82) is 0 Å². The zero-order valence-electron chi connectivity index (χ0n) is 36.5. The highest BCUT2D eigenvalue weighted by Gasteiger charge is 2.35. The average molecular weight is 831 g/mol. The molecule has 0 aliphatic heterocycles. The van der Waals surface area contributed by atoms with Crippen molar-refractivity contribution in [2.24, 2.45) is 0 Å². The first-order chi connectivity index (χ1) is 32.0. The van der Waals surface area contributed by atoms with Gasteiger partial charge in [-0.1, -0.05) is 196 Å². The maximum Gasteiger partial charge on any atom is 0.0541 e. The number of hydrogen-bond donors (Lipinski definition) is 0. The summed E-state index contributed by atoms with van der Waals surface area (Å²) >= 11 is 0. The van der Waals surface area contributed by atoms with Crippen LogP contribution in [0, 0.1) is 0 Å². The predicted molar refractivity (Wildman–Crippen MR) is 275 cm³/mol. The zero-order valence-corrected chi connectivity index (χ0v) is 36.5. The topological polar surface area (TPSA) is 8.17 Å². The molecular formula is C63H46N2. The molecule has 11 aromatic rings. The van der Waals surface area contributed by atoms with E-state index in [9.17, 15) is 0 Å². The zero-order chi connectivity index (χ0) is 43.5. The van der Waals surface area contributed by atoms with E-state index < -0.39 is 0 Å². The van der Waals surface area contributed by atoms with Crippen LogP contribution in [0.3, 0.4) is 0 Å². The molecule has 1 aliphatic carbocycles. The minimum atomic E-state index is -0.0889. The Morgan fingerprint density at radius 1 is 0.323 bits per heavy atom. The lowest BCUT2D eigenvalue weighted by Gasteiger charge is -2.29. The fourth-order valence-electron chi connectivity index (χ4n) is 10.5. The van der Waals surface area contributed by atoms with Crippen molar-refractivity contribution in [2.75, 3.05) is 4.90 Å². The van der Waals surface area contributed by atoms with Gasteiger partial charge in [0.1, 0.15) is 0 Å². The molecule has 0 saturated heterocycles. The maximum absolute atomic E-state index is 2.46. The van der Waals surface area contributed by atoms with Crippen molar-refractivity contribution >= 4 is 38.9 Å². The van der Waals surface area contributed by atoms with Crippen molar-refractivity contribution in [3.63, 3.8) is 0 Å². The van der Waals surface area contributed by atoms with Crippen LogP contribution in [0.1, 0.15) is 25.0 Å². The van der Waals surface area contributed by atoms with Crippen LogP contribution in [0.5, 0.6) is 0 Å². The summed E-state index contributed by atoms with van der Waals surface area (Å²) in [5.41, 5.74) is 21.7. The smallest absolute Gasteiger partial charge is 0.0541 e. The summed E-state index contributed by atoms with van der Waals surface area (Å²) in [4.78, 5) is 2.46. The highest BCUT2D eigenvalue weighted by Crippen LogP contribution is 2.52. The second-order valence-electron chi connectivity index (χ2n) is 17.7. The number of rotatable bonds is 8. The van der Waals surface area contributed by atoms with Gasteiger partial charge in [0.25, 0.3) is 0 Å². The summed E-state index contributed by atoms with van der Waals surface area (Å²) in [6.07, 6.45) is 0. The number of hydrogen-bond acceptors (Lipinski definition) is 1. The summed E-state index contributed by atoms with van der Waals surface area (Å²) in [6.45, 7) is 4.70. The third-order valence-corrected chi connectivity index (χ3v) is 13.6. The van der Waals surface area contributed by atoms with Gasteiger partial charge in [0.15, 0.2) is 0 Å². The van der Waals surface area contributed by atoms with Crippen LogP contribution in [-0.2, 0) is 5.41 Å². The van der Waals surface area contributed by atoms with Crippen LogP contribution in [-0.4, -0.2) is 4.57 Å². The molecular weight excluding hydrogens is 785 g/mol. The van der Waals surface area contributed by atoms with Gasteiger partial charge in [-0.25, -0.2) is 0 Å². The quantitative estimate of drug-likeness (QED) is 0.148. The molecule has 10 aromatic carbocycles. The van der Waals surface area contributed by atoms with E-state index in [1.54, 1.807) is 0 Å². The van der Waals surface area contributed by atoms with Crippen LogP contribution in [0.15, 0.2) is 243 Å². The molecule has 12 rings (SSSR count). The van der Waals surface area contributed by atoms with E-state index in [0.717, 1.165) is 28.3 Å². The monoisotopic (exact) mass is 830 g/mol. The molecule has 0 radical (unpaired) electrons. The van der Waals surface area contributed by atoms with Crippen LogP contribution in [0.2, 0.25) is 0 Å². The summed E-state index contributed by atoms with van der Waals surface area (Å²) in [5, 5.41) is 2.50. The number of nitrogens with zero attached hydrogens (tertiary/aromatic N) is 2. The molecule has 2 heteroatoms. The van der Waals surface area contributed by atoms with Gasteiger partial charge in [0, 0.05) is 38.8 Å². The first-order valence-electron chi connectivity index (χ1n) is 22.6. The lowest BCUT2D eigenvalue weighted by molar-refractivity contribution is 0.660. The van der Waals surface area contributed by atoms with Gasteiger partial charge in [-0.2, -0.15) is 0 Å². The van der Waals surface area contributed by atoms with E-state index in [2.05, 4.69) is 266 Å². The van der Waals surface area contributed by atoms with Crippen LogP contribution >= 0.6 is 0 Å². The molecule has 0 saturated carbocycles. The van der Waals surface area contributed by atoms with Crippen molar-refractivity contribution in [1.82, 2.24) is 4.57 Å². The summed E-state index contributed by atoms with van der Waals surface area (Å²) in [5.74, 6) is 0. The lowest BCUT2D eigenvalue weighted by Crippen LogP contribution is -2.15. The molecule has 2 nitrogen and oxygen atoms in total. The summed E-state index contributed by atoms with van der Waals surface area (Å²) in [6, 6.07) is 88.9. The van der Waals surface area contributed by atoms with Crippen LogP contribution in [0.25, 0.3) is 83.1 Å². The first kappa shape index (κ1) is 38.5. The first-order valence-corrected chi connectivity index (χ1v) is 22.6. The number of benzene rings is 10. The van der Waals surface area contributed by atoms with E-state index in [0.29, 0.717) is 0 Å². The van der Waals surface area contributed by atoms with E-state index in [1.165, 1.54) is 83.0 Å². The molecule has 0 amide bonds. The van der Waals surface area contributed by atoms with Gasteiger partial charge in [0.2, 0.25) is 0 Å². The van der Waals surface area contributed by atoms with Gasteiger partial charge in [0.05, 0.1) is 16.7 Å². The Balaban J connectivity index is 1.02. The normalized spacial score (nSPS) is 12.6. The van der Waals surface area contributed by atoms with Crippen molar-refractivity contribution in [2.45, 2.75) is 19.3 Å². The molecule has 0 bridgehead atoms. The van der Waals surface area contributed by atoms with E-state index >= 15 is 0 Å². The van der Waals surface area contributed by atoms with Gasteiger partial charge < -0.3 is 9.47 Å². The maximum atomic E-state index is 2.46. The largest absolute Gasteiger partial charge is 0.310 e.